The van der Waals surface area contributed by atoms with Crippen LogP contribution in [-0.4, -0.2) is 286 Å². The number of hydrogen-bond acceptors (Lipinski definition) is 28. The number of morpholine rings is 1. The summed E-state index contributed by atoms with van der Waals surface area (Å²) < 4.78 is 63.4. The van der Waals surface area contributed by atoms with Crippen molar-refractivity contribution in [3.8, 4) is 11.5 Å². The van der Waals surface area contributed by atoms with Gasteiger partial charge in [0.25, 0.3) is 0 Å². The zero-order valence-corrected chi connectivity index (χ0v) is 63.6. The molecular weight excluding hydrogens is 1460 g/mol. The number of nitrogens with zero attached hydrogens (tertiary/aromatic N) is 4. The average molecular weight is 1560 g/mol. The Morgan fingerprint density at radius 1 is 0.820 bits per heavy atom. The highest BCUT2D eigenvalue weighted by Gasteiger charge is 2.56. The second-order valence-electron chi connectivity index (χ2n) is 28.2. The number of primary amides is 1. The first-order valence-electron chi connectivity index (χ1n) is 36.9. The number of phenols is 2. The van der Waals surface area contributed by atoms with Gasteiger partial charge in [-0.25, -0.2) is 14.4 Å². The number of carbonyl (C=O) groups excluding carboxylic acids is 12. The number of anilines is 1. The van der Waals surface area contributed by atoms with Crippen molar-refractivity contribution < 1.29 is 130 Å². The van der Waals surface area contributed by atoms with Crippen molar-refractivity contribution in [2.24, 2.45) is 23.5 Å². The van der Waals surface area contributed by atoms with Crippen molar-refractivity contribution in [1.29, 1.82) is 0 Å². The smallest absolute Gasteiger partial charge is 0.409 e. The standard InChI is InChI=1S/C75H103N9O27/c1-10-48-58(43(5)85)65(93)61-60(63(48)91)64(92)49-37-75(100,38-52(59(49)66(61)94)110-57-36-50-67(44(6)109-57)111-70-71(101-9)106-27-24-83(50)70)53(87)40-108-74(99)82(8)23-22-81(7)73(98)107-39-45-13-15-47(16-14-45)79-68(95)46(12-11-19-78-72(76)97)35-51(86)62(41(2)3)80-55(89)18-25-102-28-30-104-32-33-105-31-29-103-26-20-77-54(88)17-21-84-56(90)34-42(4)69(84)96/h10,13-16,41-42,44,46,50,52,57,62,67,70-71,85,92,94,100H,1,5,11-12,17-40H2,2-4,6-9H3,(H,77,88)(H,79,95)(H,80,89)(H3,76,78,97)/t42?,44-,46+,50-,52-,57?,62-,67+,70+,71-,75-/m0/s1. The van der Waals surface area contributed by atoms with Gasteiger partial charge in [-0.15, -0.1) is 0 Å². The monoisotopic (exact) mass is 1560 g/mol. The number of nitrogens with two attached hydrogens (primary N) is 1. The van der Waals surface area contributed by atoms with E-state index in [0.29, 0.717) is 24.4 Å². The molecule has 11 atom stereocenters. The minimum absolute atomic E-state index is 0.0156. The predicted molar refractivity (Wildman–Crippen MR) is 389 cm³/mol. The second kappa shape index (κ2) is 40.7. The number of Topliss-reactive ketones (excluding diaryl/α,β-unsaturated/α-hetero) is 4. The lowest BCUT2D eigenvalue weighted by Gasteiger charge is -2.43. The van der Waals surface area contributed by atoms with E-state index in [9.17, 15) is 78.0 Å². The van der Waals surface area contributed by atoms with Gasteiger partial charge in [-0.1, -0.05) is 52.1 Å². The van der Waals surface area contributed by atoms with E-state index in [1.807, 2.05) is 4.90 Å². The Kier molecular flexibility index (Phi) is 32.0. The number of likely N-dealkylation sites (N-methyl/N-ethyl adjacent to an activating group) is 2. The molecule has 8 rings (SSSR count). The highest BCUT2D eigenvalue weighted by atomic mass is 16.7. The molecule has 10 N–H and O–H groups in total. The fourth-order valence-electron chi connectivity index (χ4n) is 13.9. The normalized spacial score (nSPS) is 22.7. The highest BCUT2D eigenvalue weighted by molar-refractivity contribution is 6.31. The maximum Gasteiger partial charge on any atom is 0.409 e. The van der Waals surface area contributed by atoms with Gasteiger partial charge in [-0.3, -0.25) is 53.0 Å². The van der Waals surface area contributed by atoms with Crippen LogP contribution in [0.4, 0.5) is 20.1 Å². The number of imide groups is 1. The lowest BCUT2D eigenvalue weighted by atomic mass is 9.71. The molecule has 6 aliphatic rings. The summed E-state index contributed by atoms with van der Waals surface area (Å²) in [5.74, 6) is -9.53. The average Bonchev–Trinajstić information content (AvgIpc) is 1.28. The van der Waals surface area contributed by atoms with Crippen molar-refractivity contribution in [3.05, 3.63) is 88.2 Å². The van der Waals surface area contributed by atoms with Gasteiger partial charge in [0.05, 0.1) is 94.4 Å². The van der Waals surface area contributed by atoms with Gasteiger partial charge in [-0.2, -0.15) is 0 Å². The number of amides is 9. The number of likely N-dealkylation sites (tertiary alicyclic amines) is 1. The van der Waals surface area contributed by atoms with Gasteiger partial charge < -0.3 is 109 Å². The van der Waals surface area contributed by atoms with Gasteiger partial charge in [0.2, 0.25) is 41.1 Å². The molecule has 9 amide bonds. The molecule has 2 aromatic carbocycles. The molecule has 4 fully saturated rings. The Morgan fingerprint density at radius 3 is 2.07 bits per heavy atom. The lowest BCUT2D eigenvalue weighted by Crippen LogP contribution is -2.55. The largest absolute Gasteiger partial charge is 0.508 e. The number of aromatic hydroxyl groups is 2. The number of aliphatic hydroxyl groups is 2. The summed E-state index contributed by atoms with van der Waals surface area (Å²) in [6.07, 6.45) is -6.94. The third-order valence-electron chi connectivity index (χ3n) is 19.9. The Balaban J connectivity index is 0.753. The molecule has 0 spiro atoms. The number of carbonyl (C=O) groups is 12. The SMILES string of the molecule is C=CC1=C(C(=C)O)C(=O)c2c(O)c3c(c(O)c2C1=O)C[C@@](O)(C(=O)COC(=O)N(C)CCN(C)C(=O)OCc1ccc(NC(=O)[C@H](CCCNC(N)=O)CC(=O)[C@@H](NC(=O)CCOCCOCCOCCOCCNC(=O)CCN2C(=O)CC(C)C2=O)C(C)C)cc1)C[C@@H]3OC1C[C@H]2[C@H](O[C@@H]3[C@@H](OC)OCCN32)[C@H](C)O1. The van der Waals surface area contributed by atoms with Crippen molar-refractivity contribution in [3.63, 3.8) is 0 Å². The van der Waals surface area contributed by atoms with E-state index in [1.165, 1.54) is 26.1 Å². The van der Waals surface area contributed by atoms with Crippen LogP contribution in [0.3, 0.4) is 0 Å². The number of nitrogens with one attached hydrogen (secondary N) is 4. The van der Waals surface area contributed by atoms with Crippen LogP contribution in [0.25, 0.3) is 0 Å². The molecule has 2 aromatic rings. The van der Waals surface area contributed by atoms with Crippen molar-refractivity contribution in [2.45, 2.75) is 147 Å². The van der Waals surface area contributed by atoms with Crippen LogP contribution in [-0.2, 0) is 98.7 Å². The van der Waals surface area contributed by atoms with Crippen LogP contribution in [0.2, 0.25) is 0 Å². The Bertz CT molecular complexity index is 3800. The summed E-state index contributed by atoms with van der Waals surface area (Å²) in [7, 11) is 4.22. The number of rotatable bonds is 42. The molecule has 0 saturated carbocycles. The predicted octanol–water partition coefficient (Wildman–Crippen LogP) is 2.67. The van der Waals surface area contributed by atoms with Gasteiger partial charge in [0.15, 0.2) is 37.0 Å². The second-order valence-corrected chi connectivity index (χ2v) is 28.2. The molecule has 4 aliphatic heterocycles. The summed E-state index contributed by atoms with van der Waals surface area (Å²) in [4.78, 5) is 163. The first-order chi connectivity index (χ1) is 52.9. The van der Waals surface area contributed by atoms with E-state index >= 15 is 0 Å². The molecule has 0 radical (unpaired) electrons. The minimum atomic E-state index is -2.53. The van der Waals surface area contributed by atoms with Crippen LogP contribution >= 0.6 is 0 Å². The topological polar surface area (TPSA) is 474 Å². The lowest BCUT2D eigenvalue weighted by molar-refractivity contribution is -0.256. The van der Waals surface area contributed by atoms with Gasteiger partial charge in [0, 0.05) is 146 Å². The molecule has 2 unspecified atom stereocenters. The first-order valence-corrected chi connectivity index (χ1v) is 36.9. The summed E-state index contributed by atoms with van der Waals surface area (Å²) >= 11 is 0. The highest BCUT2D eigenvalue weighted by Crippen LogP contribution is 2.53. The maximum absolute atomic E-state index is 14.3. The zero-order valence-electron chi connectivity index (χ0n) is 63.6. The molecule has 4 heterocycles. The van der Waals surface area contributed by atoms with E-state index < -0.39 is 167 Å². The fourth-order valence-corrected chi connectivity index (χ4v) is 13.9. The molecule has 0 bridgehead atoms. The number of methoxy groups -OCH3 is 1. The summed E-state index contributed by atoms with van der Waals surface area (Å²) in [5.41, 5.74) is 0.580. The molecule has 610 valence electrons. The van der Waals surface area contributed by atoms with Crippen LogP contribution in [0.15, 0.2) is 60.4 Å². The Labute approximate surface area is 641 Å². The Hall–Kier alpha value is -9.34. The quantitative estimate of drug-likeness (QED) is 0.0200. The first kappa shape index (κ1) is 87.2. The van der Waals surface area contributed by atoms with E-state index in [4.69, 9.17) is 57.8 Å². The van der Waals surface area contributed by atoms with Crippen LogP contribution in [0.5, 0.6) is 11.5 Å². The van der Waals surface area contributed by atoms with Crippen molar-refractivity contribution in [1.82, 2.24) is 35.6 Å². The van der Waals surface area contributed by atoms with Crippen LogP contribution in [0, 0.1) is 17.8 Å². The van der Waals surface area contributed by atoms with E-state index in [1.54, 1.807) is 52.0 Å². The summed E-state index contributed by atoms with van der Waals surface area (Å²) in [5, 5.41) is 57.7. The maximum atomic E-state index is 14.3. The number of phenolic OH excluding ortho intramolecular Hbond substituents is 2. The van der Waals surface area contributed by atoms with E-state index in [0.717, 1.165) is 15.9 Å². The molecule has 36 nitrogen and oxygen atoms in total. The zero-order chi connectivity index (χ0) is 81.0. The number of fused-ring (bicyclic) bond motifs is 5. The number of ether oxygens (including phenoxy) is 11. The summed E-state index contributed by atoms with van der Waals surface area (Å²) in [6.45, 7) is 15.4. The molecule has 2 aliphatic carbocycles. The molecule has 0 aromatic heterocycles. The Morgan fingerprint density at radius 2 is 1.46 bits per heavy atom. The minimum Gasteiger partial charge on any atom is -0.508 e. The molecule has 4 saturated heterocycles. The number of urea groups is 1. The number of allylic oxidation sites excluding steroid dienone is 3. The molecule has 36 heteroatoms. The number of benzene rings is 2. The van der Waals surface area contributed by atoms with Crippen LogP contribution < -0.4 is 27.0 Å². The van der Waals surface area contributed by atoms with Crippen molar-refractivity contribution in [2.75, 3.05) is 132 Å². The van der Waals surface area contributed by atoms with Gasteiger partial charge >= 0.3 is 18.2 Å². The van der Waals surface area contributed by atoms with Gasteiger partial charge in [-0.05, 0) is 43.4 Å². The van der Waals surface area contributed by atoms with Gasteiger partial charge in [0.1, 0.15) is 35.6 Å². The third-order valence-corrected chi connectivity index (χ3v) is 19.9. The summed E-state index contributed by atoms with van der Waals surface area (Å²) in [6, 6.07) is 4.28. The number of aliphatic hydroxyl groups excluding tert-OH is 1. The number of hydrogen-bond donors (Lipinski definition) is 9. The molecule has 111 heavy (non-hydrogen) atoms. The van der Waals surface area contributed by atoms with Crippen LogP contribution in [0.1, 0.15) is 123 Å². The van der Waals surface area contributed by atoms with Crippen molar-refractivity contribution >= 4 is 76.6 Å². The van der Waals surface area contributed by atoms with E-state index in [2.05, 4.69) is 34.4 Å². The van der Waals surface area contributed by atoms with E-state index in [-0.39, 0.29) is 184 Å². The number of ketones is 4. The molecular formula is C75H103N9O27. The third kappa shape index (κ3) is 22.7. The fraction of sp³-hybridized carbons (Fsp3) is 0.600.